The number of nitrogens with zero attached hydrogens (tertiary/aromatic N) is 4. The van der Waals surface area contributed by atoms with Crippen molar-refractivity contribution in [2.45, 2.75) is 38.1 Å². The summed E-state index contributed by atoms with van der Waals surface area (Å²) in [6.45, 7) is -0.0305. The summed E-state index contributed by atoms with van der Waals surface area (Å²) >= 11 is 0. The minimum absolute atomic E-state index is 0. The molecule has 8 nitrogen and oxygen atoms in total. The van der Waals surface area contributed by atoms with E-state index in [1.807, 2.05) is 0 Å². The van der Waals surface area contributed by atoms with Gasteiger partial charge in [-0.25, -0.2) is 18.2 Å². The second kappa shape index (κ2) is 13.5. The average molecular weight is 593 g/mol. The van der Waals surface area contributed by atoms with E-state index in [1.54, 1.807) is 19.0 Å². The van der Waals surface area contributed by atoms with E-state index in [-0.39, 0.29) is 75.1 Å². The van der Waals surface area contributed by atoms with Gasteiger partial charge in [0.25, 0.3) is 5.91 Å². The number of nitrogens with one attached hydrogen (secondary N) is 1. The second-order valence-corrected chi connectivity index (χ2v) is 8.78. The van der Waals surface area contributed by atoms with Crippen LogP contribution in [0, 0.1) is 17.5 Å². The Bertz CT molecular complexity index is 1140. The fourth-order valence-electron chi connectivity index (χ4n) is 3.88. The molecule has 38 heavy (non-hydrogen) atoms. The summed E-state index contributed by atoms with van der Waals surface area (Å²) in [4.78, 5) is 31.9. The van der Waals surface area contributed by atoms with Gasteiger partial charge in [-0.2, -0.15) is 13.2 Å². The van der Waals surface area contributed by atoms with Crippen LogP contribution in [0.2, 0.25) is 0 Å². The lowest BCUT2D eigenvalue weighted by Crippen LogP contribution is -2.42. The van der Waals surface area contributed by atoms with Gasteiger partial charge in [0.05, 0.1) is 12.2 Å². The Labute approximate surface area is 227 Å². The number of aromatic nitrogens is 2. The molecule has 2 aromatic rings. The smallest absolute Gasteiger partial charge is 0.349 e. The molecule has 3 N–H and O–H groups in total. The lowest BCUT2D eigenvalue weighted by molar-refractivity contribution is -0.148. The number of alkyl halides is 3. The molecule has 1 atom stereocenters. The van der Waals surface area contributed by atoms with E-state index >= 15 is 0 Å². The number of carbonyl (C=O) groups excluding carboxylic acids is 2. The van der Waals surface area contributed by atoms with Gasteiger partial charge in [0.2, 0.25) is 11.7 Å². The molecule has 0 radical (unpaired) electrons. The van der Waals surface area contributed by atoms with Crippen LogP contribution in [0.5, 0.6) is 0 Å². The standard InChI is InChI=1S/C22H26F6N6O2.2ClH/c1-32(2)4-3-30-20(36)19-17-11-33(5-6-34(17)21(31-19)22(26,27)28)18(35)9-13(29)7-12-8-15(24)16(25)10-14(12)23;;/h8,10,13H,3-7,9,11,29H2,1-2H3,(H,30,36);2*1H/t13-;;/m1../s1. The topological polar surface area (TPSA) is 96.5 Å². The highest BCUT2D eigenvalue weighted by Gasteiger charge is 2.41. The number of likely N-dealkylation sites (N-methyl/N-ethyl adjacent to an activating group) is 1. The van der Waals surface area contributed by atoms with Crippen molar-refractivity contribution in [3.8, 4) is 0 Å². The lowest BCUT2D eigenvalue weighted by Gasteiger charge is -2.30. The van der Waals surface area contributed by atoms with Gasteiger partial charge in [0.15, 0.2) is 17.3 Å². The van der Waals surface area contributed by atoms with Crippen LogP contribution in [0.3, 0.4) is 0 Å². The number of nitrogens with two attached hydrogens (primary N) is 1. The van der Waals surface area contributed by atoms with Crippen LogP contribution in [0.25, 0.3) is 0 Å². The molecule has 1 aromatic heterocycles. The zero-order chi connectivity index (χ0) is 26.8. The Morgan fingerprint density at radius 1 is 1.11 bits per heavy atom. The molecule has 16 heteroatoms. The first-order chi connectivity index (χ1) is 16.8. The van der Waals surface area contributed by atoms with Gasteiger partial charge in [-0.3, -0.25) is 9.59 Å². The van der Waals surface area contributed by atoms with Gasteiger partial charge in [0.1, 0.15) is 5.82 Å². The van der Waals surface area contributed by atoms with Crippen LogP contribution in [0.15, 0.2) is 12.1 Å². The minimum atomic E-state index is -4.81. The van der Waals surface area contributed by atoms with Gasteiger partial charge >= 0.3 is 6.18 Å². The molecule has 0 fully saturated rings. The van der Waals surface area contributed by atoms with Gasteiger partial charge in [-0.1, -0.05) is 0 Å². The van der Waals surface area contributed by atoms with E-state index in [2.05, 4.69) is 10.3 Å². The number of carbonyl (C=O) groups is 2. The van der Waals surface area contributed by atoms with Crippen molar-refractivity contribution in [2.24, 2.45) is 5.73 Å². The number of hydrogen-bond donors (Lipinski definition) is 2. The molecule has 0 bridgehead atoms. The number of halogens is 8. The largest absolute Gasteiger partial charge is 0.449 e. The first kappa shape index (κ1) is 33.5. The van der Waals surface area contributed by atoms with E-state index < -0.39 is 53.0 Å². The summed E-state index contributed by atoms with van der Waals surface area (Å²) in [5, 5.41) is 2.52. The third kappa shape index (κ3) is 7.98. The Morgan fingerprint density at radius 2 is 1.74 bits per heavy atom. The molecule has 1 aromatic carbocycles. The monoisotopic (exact) mass is 592 g/mol. The molecular weight excluding hydrogens is 565 g/mol. The first-order valence-electron chi connectivity index (χ1n) is 11.0. The lowest BCUT2D eigenvalue weighted by atomic mass is 10.0. The van der Waals surface area contributed by atoms with Crippen molar-refractivity contribution in [2.75, 3.05) is 33.7 Å². The SMILES string of the molecule is CN(C)CCNC(=O)c1nc(C(F)(F)F)n2c1CN(C(=O)C[C@H](N)Cc1cc(F)c(F)cc1F)CC2.Cl.Cl. The van der Waals surface area contributed by atoms with Crippen molar-refractivity contribution < 1.29 is 35.9 Å². The third-order valence-electron chi connectivity index (χ3n) is 5.68. The predicted octanol–water partition coefficient (Wildman–Crippen LogP) is 2.76. The van der Waals surface area contributed by atoms with Crippen LogP contribution < -0.4 is 11.1 Å². The fraction of sp³-hybridized carbons (Fsp3) is 0.500. The van der Waals surface area contributed by atoms with E-state index in [0.29, 0.717) is 18.7 Å². The summed E-state index contributed by atoms with van der Waals surface area (Å²) in [5.41, 5.74) is 5.22. The molecule has 0 unspecified atom stereocenters. The van der Waals surface area contributed by atoms with Crippen molar-refractivity contribution >= 4 is 36.6 Å². The van der Waals surface area contributed by atoms with Gasteiger partial charge in [-0.05, 0) is 32.1 Å². The predicted molar refractivity (Wildman–Crippen MR) is 131 cm³/mol. The molecule has 0 spiro atoms. The summed E-state index contributed by atoms with van der Waals surface area (Å²) in [7, 11) is 3.53. The molecule has 214 valence electrons. The molecule has 0 saturated heterocycles. The first-order valence-corrected chi connectivity index (χ1v) is 11.0. The number of benzene rings is 1. The van der Waals surface area contributed by atoms with Crippen LogP contribution in [-0.4, -0.2) is 70.9 Å². The molecule has 1 aliphatic rings. The van der Waals surface area contributed by atoms with Crippen LogP contribution in [0.1, 0.15) is 34.0 Å². The molecule has 0 aliphatic carbocycles. The minimum Gasteiger partial charge on any atom is -0.349 e. The van der Waals surface area contributed by atoms with E-state index in [0.717, 1.165) is 4.57 Å². The Balaban J connectivity index is 0.00000361. The summed E-state index contributed by atoms with van der Waals surface area (Å²) < 4.78 is 81.9. The highest BCUT2D eigenvalue weighted by Crippen LogP contribution is 2.32. The van der Waals surface area contributed by atoms with Crippen molar-refractivity contribution in [1.82, 2.24) is 24.7 Å². The summed E-state index contributed by atoms with van der Waals surface area (Å²) in [6, 6.07) is 0.0751. The highest BCUT2D eigenvalue weighted by molar-refractivity contribution is 5.93. The van der Waals surface area contributed by atoms with E-state index in [9.17, 15) is 35.9 Å². The zero-order valence-corrected chi connectivity index (χ0v) is 22.1. The molecule has 0 saturated carbocycles. The maximum Gasteiger partial charge on any atom is 0.449 e. The van der Waals surface area contributed by atoms with Crippen LogP contribution in [-0.2, 0) is 30.5 Å². The molecular formula is C22H28Cl2F6N6O2. The summed E-state index contributed by atoms with van der Waals surface area (Å²) in [5.74, 6) is -6.20. The van der Waals surface area contributed by atoms with Gasteiger partial charge < -0.3 is 25.4 Å². The number of hydrogen-bond acceptors (Lipinski definition) is 5. The molecule has 3 rings (SSSR count). The number of rotatable bonds is 8. The van der Waals surface area contributed by atoms with Crippen molar-refractivity contribution in [3.05, 3.63) is 52.4 Å². The summed E-state index contributed by atoms with van der Waals surface area (Å²) in [6.07, 6.45) is -5.40. The number of amides is 2. The molecule has 2 amide bonds. The quantitative estimate of drug-likeness (QED) is 0.363. The molecule has 1 aliphatic heterocycles. The second-order valence-electron chi connectivity index (χ2n) is 8.78. The average Bonchev–Trinajstić information content (AvgIpc) is 3.16. The van der Waals surface area contributed by atoms with Crippen molar-refractivity contribution in [1.29, 1.82) is 0 Å². The van der Waals surface area contributed by atoms with Gasteiger partial charge in [0, 0.05) is 44.7 Å². The van der Waals surface area contributed by atoms with Crippen molar-refractivity contribution in [3.63, 3.8) is 0 Å². The Hall–Kier alpha value is -2.55. The normalized spacial score (nSPS) is 13.9. The van der Waals surface area contributed by atoms with Crippen LogP contribution in [0.4, 0.5) is 26.3 Å². The van der Waals surface area contributed by atoms with E-state index in [1.165, 1.54) is 4.90 Å². The fourth-order valence-corrected chi connectivity index (χ4v) is 3.88. The van der Waals surface area contributed by atoms with E-state index in [4.69, 9.17) is 5.73 Å². The maximum absolute atomic E-state index is 13.9. The third-order valence-corrected chi connectivity index (χ3v) is 5.68. The van der Waals surface area contributed by atoms with Crippen LogP contribution >= 0.6 is 24.8 Å². The molecule has 2 heterocycles. The Kier molecular flexibility index (Phi) is 11.9. The zero-order valence-electron chi connectivity index (χ0n) is 20.4. The number of imidazole rings is 1. The maximum atomic E-state index is 13.9. The number of fused-ring (bicyclic) bond motifs is 1. The van der Waals surface area contributed by atoms with Gasteiger partial charge in [-0.15, -0.1) is 24.8 Å². The highest BCUT2D eigenvalue weighted by atomic mass is 35.5. The Morgan fingerprint density at radius 3 is 2.34 bits per heavy atom.